The molecule has 0 aliphatic carbocycles. The fraction of sp³-hybridized carbons (Fsp3) is 0.538. The van der Waals surface area contributed by atoms with Gasteiger partial charge in [-0.25, -0.2) is 0 Å². The van der Waals surface area contributed by atoms with E-state index in [0.717, 1.165) is 5.56 Å². The lowest BCUT2D eigenvalue weighted by Gasteiger charge is -2.36. The number of hydrogen-bond donors (Lipinski definition) is 0. The van der Waals surface area contributed by atoms with Crippen LogP contribution >= 0.6 is 11.6 Å². The number of hydrogen-bond acceptors (Lipinski definition) is 3. The zero-order chi connectivity index (χ0) is 12.1. The molecule has 1 aromatic carbocycles. The third kappa shape index (κ3) is 3.68. The number of ether oxygens (including phenoxy) is 3. The Morgan fingerprint density at radius 2 is 1.94 bits per heavy atom. The molecule has 0 radical (unpaired) electrons. The largest absolute Gasteiger partial charge is 0.366 e. The van der Waals surface area contributed by atoms with Crippen molar-refractivity contribution in [1.82, 2.24) is 0 Å². The lowest BCUT2D eigenvalue weighted by molar-refractivity contribution is -0.255. The standard InChI is InChI=1S/C13H17ClO3/c1-13(9-15-12(7-14)16-10-13)17-8-11-5-3-2-4-6-11/h2-6,12H,7-10H2,1H3/t12-,13+. The van der Waals surface area contributed by atoms with Crippen molar-refractivity contribution < 1.29 is 14.2 Å². The van der Waals surface area contributed by atoms with Gasteiger partial charge in [-0.05, 0) is 12.5 Å². The molecule has 0 bridgehead atoms. The van der Waals surface area contributed by atoms with Crippen molar-refractivity contribution in [2.45, 2.75) is 25.4 Å². The monoisotopic (exact) mass is 256 g/mol. The predicted octanol–water partition coefficient (Wildman–Crippen LogP) is 2.57. The van der Waals surface area contributed by atoms with Gasteiger partial charge in [0.25, 0.3) is 0 Å². The van der Waals surface area contributed by atoms with Crippen molar-refractivity contribution in [3.8, 4) is 0 Å². The fourth-order valence-electron chi connectivity index (χ4n) is 1.63. The second-order valence-electron chi connectivity index (χ2n) is 4.43. The average Bonchev–Trinajstić information content (AvgIpc) is 2.39. The van der Waals surface area contributed by atoms with Crippen LogP contribution in [0.3, 0.4) is 0 Å². The first-order chi connectivity index (χ1) is 8.22. The third-order valence-corrected chi connectivity index (χ3v) is 2.96. The van der Waals surface area contributed by atoms with Gasteiger partial charge in [0.05, 0.1) is 25.7 Å². The number of alkyl halides is 1. The highest BCUT2D eigenvalue weighted by atomic mass is 35.5. The highest BCUT2D eigenvalue weighted by Gasteiger charge is 2.33. The van der Waals surface area contributed by atoms with E-state index in [1.54, 1.807) is 0 Å². The average molecular weight is 257 g/mol. The van der Waals surface area contributed by atoms with E-state index in [4.69, 9.17) is 25.8 Å². The van der Waals surface area contributed by atoms with Crippen LogP contribution in [0.5, 0.6) is 0 Å². The highest BCUT2D eigenvalue weighted by molar-refractivity contribution is 6.18. The Kier molecular flexibility index (Phi) is 4.40. The first-order valence-corrected chi connectivity index (χ1v) is 6.22. The Morgan fingerprint density at radius 3 is 2.53 bits per heavy atom. The molecule has 0 saturated carbocycles. The Labute approximate surface area is 107 Å². The zero-order valence-corrected chi connectivity index (χ0v) is 10.7. The quantitative estimate of drug-likeness (QED) is 0.775. The van der Waals surface area contributed by atoms with Gasteiger partial charge in [0, 0.05) is 0 Å². The maximum Gasteiger partial charge on any atom is 0.171 e. The maximum absolute atomic E-state index is 5.86. The Balaban J connectivity index is 1.83. The van der Waals surface area contributed by atoms with Crippen LogP contribution in [-0.4, -0.2) is 31.0 Å². The second kappa shape index (κ2) is 5.83. The summed E-state index contributed by atoms with van der Waals surface area (Å²) in [6.45, 7) is 3.57. The lowest BCUT2D eigenvalue weighted by atomic mass is 10.1. The summed E-state index contributed by atoms with van der Waals surface area (Å²) in [7, 11) is 0. The van der Waals surface area contributed by atoms with Crippen molar-refractivity contribution in [2.75, 3.05) is 19.1 Å². The molecule has 94 valence electrons. The molecule has 1 heterocycles. The van der Waals surface area contributed by atoms with E-state index >= 15 is 0 Å². The molecule has 3 nitrogen and oxygen atoms in total. The summed E-state index contributed by atoms with van der Waals surface area (Å²) < 4.78 is 16.8. The van der Waals surface area contributed by atoms with Crippen LogP contribution in [0.15, 0.2) is 30.3 Å². The number of benzene rings is 1. The molecule has 0 unspecified atom stereocenters. The van der Waals surface area contributed by atoms with Gasteiger partial charge in [-0.3, -0.25) is 0 Å². The minimum atomic E-state index is -0.390. The lowest BCUT2D eigenvalue weighted by Crippen LogP contribution is -2.47. The van der Waals surface area contributed by atoms with Gasteiger partial charge in [-0.15, -0.1) is 11.6 Å². The van der Waals surface area contributed by atoms with Gasteiger partial charge in [-0.2, -0.15) is 0 Å². The van der Waals surface area contributed by atoms with Crippen molar-refractivity contribution >= 4 is 11.6 Å². The molecule has 1 saturated heterocycles. The molecule has 0 atom stereocenters. The fourth-order valence-corrected chi connectivity index (χ4v) is 1.81. The molecule has 1 fully saturated rings. The molecular formula is C13H17ClO3. The topological polar surface area (TPSA) is 27.7 Å². The minimum absolute atomic E-state index is 0.301. The molecule has 1 aromatic rings. The Hall–Kier alpha value is -0.610. The van der Waals surface area contributed by atoms with Crippen LogP contribution in [0, 0.1) is 0 Å². The molecule has 4 heteroatoms. The Bertz CT molecular complexity index is 334. The summed E-state index contributed by atoms with van der Waals surface area (Å²) in [5, 5.41) is 0. The molecule has 17 heavy (non-hydrogen) atoms. The van der Waals surface area contributed by atoms with E-state index in [1.807, 2.05) is 37.3 Å². The summed E-state index contributed by atoms with van der Waals surface area (Å²) in [4.78, 5) is 0. The van der Waals surface area contributed by atoms with E-state index < -0.39 is 5.60 Å². The van der Waals surface area contributed by atoms with Crippen molar-refractivity contribution in [3.63, 3.8) is 0 Å². The summed E-state index contributed by atoms with van der Waals surface area (Å²) in [5.74, 6) is 0.356. The smallest absolute Gasteiger partial charge is 0.171 e. The van der Waals surface area contributed by atoms with Gasteiger partial charge >= 0.3 is 0 Å². The van der Waals surface area contributed by atoms with Crippen LogP contribution in [0.2, 0.25) is 0 Å². The molecule has 1 aliphatic rings. The van der Waals surface area contributed by atoms with Gasteiger partial charge in [-0.1, -0.05) is 30.3 Å². The van der Waals surface area contributed by atoms with Crippen LogP contribution in [-0.2, 0) is 20.8 Å². The van der Waals surface area contributed by atoms with E-state index in [2.05, 4.69) is 0 Å². The summed E-state index contributed by atoms with van der Waals surface area (Å²) in [5.41, 5.74) is 0.756. The minimum Gasteiger partial charge on any atom is -0.366 e. The van der Waals surface area contributed by atoms with Gasteiger partial charge in [0.15, 0.2) is 6.29 Å². The SMILES string of the molecule is C[C@]1(OCc2ccccc2)CO[C@@H](CCl)OC1. The molecule has 0 aromatic heterocycles. The molecule has 0 amide bonds. The summed E-state index contributed by atoms with van der Waals surface area (Å²) in [6, 6.07) is 10.1. The van der Waals surface area contributed by atoms with Crippen LogP contribution in [0.1, 0.15) is 12.5 Å². The second-order valence-corrected chi connectivity index (χ2v) is 4.74. The van der Waals surface area contributed by atoms with Crippen LogP contribution in [0.4, 0.5) is 0 Å². The molecule has 0 N–H and O–H groups in total. The molecule has 0 spiro atoms. The predicted molar refractivity (Wildman–Crippen MR) is 66.0 cm³/mol. The van der Waals surface area contributed by atoms with Crippen molar-refractivity contribution in [2.24, 2.45) is 0 Å². The van der Waals surface area contributed by atoms with Crippen LogP contribution in [0.25, 0.3) is 0 Å². The van der Waals surface area contributed by atoms with E-state index in [9.17, 15) is 0 Å². The van der Waals surface area contributed by atoms with E-state index in [1.165, 1.54) is 0 Å². The Morgan fingerprint density at radius 1 is 1.29 bits per heavy atom. The highest BCUT2D eigenvalue weighted by Crippen LogP contribution is 2.21. The van der Waals surface area contributed by atoms with Gasteiger partial charge in [0.2, 0.25) is 0 Å². The number of halogens is 1. The molecular weight excluding hydrogens is 240 g/mol. The first kappa shape index (κ1) is 12.8. The van der Waals surface area contributed by atoms with Gasteiger partial charge in [0.1, 0.15) is 5.60 Å². The van der Waals surface area contributed by atoms with E-state index in [0.29, 0.717) is 25.7 Å². The van der Waals surface area contributed by atoms with Crippen LogP contribution < -0.4 is 0 Å². The van der Waals surface area contributed by atoms with Crippen molar-refractivity contribution in [3.05, 3.63) is 35.9 Å². The maximum atomic E-state index is 5.86. The molecule has 1 aliphatic heterocycles. The van der Waals surface area contributed by atoms with Gasteiger partial charge < -0.3 is 14.2 Å². The van der Waals surface area contributed by atoms with Crippen molar-refractivity contribution in [1.29, 1.82) is 0 Å². The third-order valence-electron chi connectivity index (χ3n) is 2.71. The first-order valence-electron chi connectivity index (χ1n) is 5.69. The summed E-state index contributed by atoms with van der Waals surface area (Å²) >= 11 is 5.66. The summed E-state index contributed by atoms with van der Waals surface area (Å²) in [6.07, 6.45) is -0.301. The zero-order valence-electron chi connectivity index (χ0n) is 9.90. The van der Waals surface area contributed by atoms with E-state index in [-0.39, 0.29) is 6.29 Å². The normalized spacial score (nSPS) is 29.2. The number of rotatable bonds is 4. The molecule has 2 rings (SSSR count).